The Kier molecular flexibility index (Phi) is 49.8. The van der Waals surface area contributed by atoms with E-state index in [2.05, 4.69) is 50.6 Å². The van der Waals surface area contributed by atoms with Gasteiger partial charge in [-0.05, 0) is 197 Å². The van der Waals surface area contributed by atoms with Crippen molar-refractivity contribution in [2.45, 2.75) is 248 Å². The summed E-state index contributed by atoms with van der Waals surface area (Å²) in [5, 5.41) is 12.6. The molecule has 2 fully saturated rings. The van der Waals surface area contributed by atoms with Crippen molar-refractivity contribution in [1.29, 1.82) is 0 Å². The van der Waals surface area contributed by atoms with Crippen LogP contribution in [0.1, 0.15) is 169 Å². The molecule has 6 rings (SSSR count). The fourth-order valence-electron chi connectivity index (χ4n) is 11.6. The molecular weight excluding hydrogens is 1640 g/mol. The van der Waals surface area contributed by atoms with E-state index in [0.29, 0.717) is 49.9 Å². The molecule has 0 saturated carbocycles. The molecule has 32 heteroatoms. The van der Waals surface area contributed by atoms with Crippen molar-refractivity contribution in [3.05, 3.63) is 131 Å². The van der Waals surface area contributed by atoms with E-state index >= 15 is 4.39 Å². The fourth-order valence-corrected chi connectivity index (χ4v) is 11.6. The SMILES string of the molecule is CC(C)C[C@@H](C(=O)O[C@H](C)C(=O)OCc1ccccc1)N(C)C(=O)[C@@H](Cc1ccc(N2CCOCC2)cc1)OC(=O)[C@H](CC(C)(C)F)N(C)C(=O)OC(C)(C)C.CN(C(=O)OC(C)(C)C)[C@@H](CC(C)(C)F)C(=O)O[C@H](Cc1ccc(N2CCOCC2)cc1)C(=O)O.CN[C@@H](CC(C)C)C(=O)O[C@H](C)C(=O)OCc1ccccc1.C[B]P=O.[2H]C.[2H]C#CC#CC#CC#C. The summed E-state index contributed by atoms with van der Waals surface area (Å²) >= 11 is 0. The van der Waals surface area contributed by atoms with E-state index in [1.54, 1.807) is 86.7 Å². The topological polar surface area (TPSA) is 329 Å². The van der Waals surface area contributed by atoms with Crippen LogP contribution in [0.4, 0.5) is 29.7 Å². The number of ether oxygens (including phenoxy) is 10. The van der Waals surface area contributed by atoms with Crippen LogP contribution < -0.4 is 15.1 Å². The second-order valence-corrected chi connectivity index (χ2v) is 34.0. The molecule has 2 N–H and O–H groups in total. The van der Waals surface area contributed by atoms with Gasteiger partial charge in [0.25, 0.3) is 5.91 Å². The van der Waals surface area contributed by atoms with E-state index in [1.165, 1.54) is 70.1 Å². The Morgan fingerprint density at radius 1 is 0.532 bits per heavy atom. The molecule has 691 valence electrons. The van der Waals surface area contributed by atoms with Crippen molar-refractivity contribution < 1.29 is 117 Å². The molecule has 0 aromatic heterocycles. The number of hydrogen-bond acceptors (Lipinski definition) is 24. The largest absolute Gasteiger partial charge is 0.478 e. The first kappa shape index (κ1) is 109. The minimum atomic E-state index is -1.92. The lowest BCUT2D eigenvalue weighted by Crippen LogP contribution is -2.52. The summed E-state index contributed by atoms with van der Waals surface area (Å²) in [6.45, 7) is 34.6. The van der Waals surface area contributed by atoms with Gasteiger partial charge in [-0.3, -0.25) is 24.0 Å². The highest BCUT2D eigenvalue weighted by atomic mass is 31.1. The number of esters is 6. The van der Waals surface area contributed by atoms with Gasteiger partial charge in [-0.15, -0.1) is 12.8 Å². The van der Waals surface area contributed by atoms with E-state index < -0.39 is 137 Å². The van der Waals surface area contributed by atoms with Gasteiger partial charge in [0.05, 0.1) is 34.8 Å². The Hall–Kier alpha value is -11.1. The zero-order valence-electron chi connectivity index (χ0n) is 79.1. The van der Waals surface area contributed by atoms with Gasteiger partial charge < -0.3 is 72.5 Å². The van der Waals surface area contributed by atoms with Gasteiger partial charge in [0.1, 0.15) is 61.3 Å². The number of terminal acetylenes is 2. The number of nitrogens with zero attached hydrogens (tertiary/aromatic N) is 5. The molecule has 2 aliphatic rings. The highest BCUT2D eigenvalue weighted by Crippen LogP contribution is 2.28. The lowest BCUT2D eigenvalue weighted by molar-refractivity contribution is -0.174. The molecule has 3 amide bonds. The zero-order chi connectivity index (χ0) is 97.1. The number of rotatable bonds is 35. The van der Waals surface area contributed by atoms with Crippen LogP contribution >= 0.6 is 8.34 Å². The third-order valence-corrected chi connectivity index (χ3v) is 18.2. The minimum Gasteiger partial charge on any atom is -0.478 e. The maximum absolute atomic E-state index is 15.2. The number of morpholine rings is 2. The molecule has 2 aliphatic heterocycles. The van der Waals surface area contributed by atoms with Gasteiger partial charge >= 0.3 is 54.0 Å². The van der Waals surface area contributed by atoms with Crippen molar-refractivity contribution in [1.82, 2.24) is 20.0 Å². The molecule has 0 spiro atoms. The number of halogens is 2. The van der Waals surface area contributed by atoms with Crippen molar-refractivity contribution in [2.24, 2.45) is 11.8 Å². The number of amides is 3. The summed E-state index contributed by atoms with van der Waals surface area (Å²) < 4.78 is 105. The quantitative estimate of drug-likeness (QED) is 0.0142. The number of nitrogens with one attached hydrogen (secondary N) is 1. The summed E-state index contributed by atoms with van der Waals surface area (Å²) in [6.07, 6.45) is -0.506. The van der Waals surface area contributed by atoms with Crippen LogP contribution in [0.3, 0.4) is 0 Å². The van der Waals surface area contributed by atoms with Crippen molar-refractivity contribution in [3.63, 3.8) is 0 Å². The average Bonchev–Trinajstić information content (AvgIpc) is 0.816. The summed E-state index contributed by atoms with van der Waals surface area (Å²) in [5.41, 5.74) is -0.593. The standard InChI is InChI=1S/C42H60FN3O10.C25H37FN2O7.C17H25NO4.C8H2.CH3BOP.CH4/c1-28(2)24-33(38(49)54-29(3)37(48)53-27-31-14-12-11-13-15-31)44(9)36(47)35(25-30-16-18-32(19-17-30)46-20-22-52-23-21-46)55-39(50)34(26-42(7,8)43)45(10)40(51)56-41(4,5)6;1-24(2,3)35-23(32)27(6)19(16-25(4,5)26)22(31)34-20(21(29)30)15-17-7-9-18(10-8-17)28-11-13-33-14-12-28;1-12(2)10-15(18-4)17(20)22-13(3)16(19)21-11-14-8-6-5-7-9-14;1-3-5-7-8-6-4-2;1-2-4-3;/h11-19,28-29,33-35H,20-27H2,1-10H3;7-10,19-20H,11-16H2,1-6H3,(H,29,30);5-9,12-13,15,18H,10-11H2,1-4H3;1-2H;1H3;1H4/t29-,33+,34+,35-;19-,20+;13-,15+;;;/m101.../s1/i;;;1D;;1D. The first-order chi connectivity index (χ1) is 60.1. The Labute approximate surface area is 749 Å². The number of likely N-dealkylation sites (N-methyl/N-ethyl adjacent to an activating group) is 4. The summed E-state index contributed by atoms with van der Waals surface area (Å²) in [7, 11) is 7.07. The Morgan fingerprint density at radius 2 is 0.889 bits per heavy atom. The fraction of sp³-hybridized carbons (Fsp3) is 0.553. The van der Waals surface area contributed by atoms with Gasteiger partial charge in [-0.2, -0.15) is 0 Å². The van der Waals surface area contributed by atoms with E-state index in [9.17, 15) is 62.0 Å². The normalized spacial score (nSPS) is 14.3. The highest BCUT2D eigenvalue weighted by Gasteiger charge is 2.43. The van der Waals surface area contributed by atoms with Crippen LogP contribution in [0.25, 0.3) is 0 Å². The minimum absolute atomic E-state index is 0.0143. The molecule has 1 radical (unpaired) electrons. The molecule has 126 heavy (non-hydrogen) atoms. The van der Waals surface area contributed by atoms with E-state index in [0.717, 1.165) is 63.4 Å². The molecule has 28 nitrogen and oxygen atoms in total. The molecule has 4 aromatic rings. The first-order valence-corrected chi connectivity index (χ1v) is 42.0. The molecule has 2 heterocycles. The number of benzene rings is 4. The van der Waals surface area contributed by atoms with E-state index in [4.69, 9.17) is 56.5 Å². The average molecular weight is 1780 g/mol. The number of hydrogen-bond donors (Lipinski definition) is 2. The lowest BCUT2D eigenvalue weighted by Gasteiger charge is -2.34. The van der Waals surface area contributed by atoms with Gasteiger partial charge in [0.15, 0.2) is 18.3 Å². The first-order valence-electron chi connectivity index (χ1n) is 42.6. The van der Waals surface area contributed by atoms with Crippen LogP contribution in [0.5, 0.6) is 0 Å². The molecule has 0 aliphatic carbocycles. The predicted molar refractivity (Wildman–Crippen MR) is 480 cm³/mol. The summed E-state index contributed by atoms with van der Waals surface area (Å²) in [6, 6.07) is 28.7. The van der Waals surface area contributed by atoms with E-state index in [-0.39, 0.29) is 53.2 Å². The molecule has 0 bridgehead atoms. The molecule has 0 unspecified atom stereocenters. The third-order valence-electron chi connectivity index (χ3n) is 18.0. The van der Waals surface area contributed by atoms with Crippen LogP contribution in [0, 0.1) is 60.2 Å². The van der Waals surface area contributed by atoms with E-state index in [1.807, 2.05) is 119 Å². The Morgan fingerprint density at radius 3 is 1.22 bits per heavy atom. The molecule has 8 atom stereocenters. The number of carbonyl (C=O) groups excluding carboxylic acids is 9. The number of aliphatic carboxylic acids is 1. The summed E-state index contributed by atoms with van der Waals surface area (Å²) in [4.78, 5) is 137. The number of alkyl halides is 2. The second kappa shape index (κ2) is 57.5. The second-order valence-electron chi connectivity index (χ2n) is 33.2. The molecule has 4 aromatic carbocycles. The highest BCUT2D eigenvalue weighted by molar-refractivity contribution is 7.60. The molecule has 2 saturated heterocycles. The lowest BCUT2D eigenvalue weighted by atomic mass is 9.99. The maximum atomic E-state index is 15.2. The van der Waals surface area contributed by atoms with Crippen LogP contribution in [-0.2, 0) is 116 Å². The van der Waals surface area contributed by atoms with Crippen LogP contribution in [0.2, 0.25) is 6.82 Å². The van der Waals surface area contributed by atoms with Crippen molar-refractivity contribution >= 4 is 86.6 Å². The Bertz CT molecular complexity index is 4330. The molecular formula is C94H131BF2N6O22P. The van der Waals surface area contributed by atoms with Crippen molar-refractivity contribution in [3.8, 4) is 48.3 Å². The van der Waals surface area contributed by atoms with Gasteiger partial charge in [0.2, 0.25) is 13.1 Å². The Balaban J connectivity index is 0.000000960. The monoisotopic (exact) mass is 1780 g/mol. The predicted octanol–water partition coefficient (Wildman–Crippen LogP) is 13.5. The van der Waals surface area contributed by atoms with Crippen LogP contribution in [-0.4, -0.2) is 239 Å². The number of carboxylic acid groups (broad SMARTS) is 1. The third kappa shape index (κ3) is 46.2. The van der Waals surface area contributed by atoms with Gasteiger partial charge in [0, 0.05) is 85.8 Å². The number of carboxylic acids is 1. The van der Waals surface area contributed by atoms with Crippen molar-refractivity contribution in [2.75, 3.05) is 90.6 Å². The maximum Gasteiger partial charge on any atom is 0.410 e. The van der Waals surface area contributed by atoms with Gasteiger partial charge in [-0.1, -0.05) is 127 Å². The smallest absolute Gasteiger partial charge is 0.410 e. The summed E-state index contributed by atoms with van der Waals surface area (Å²) in [5.74, 6) is 7.09. The van der Waals surface area contributed by atoms with Gasteiger partial charge in [-0.25, -0.2) is 47.1 Å². The number of carbonyl (C=O) groups is 10. The van der Waals surface area contributed by atoms with Crippen LogP contribution in [0.15, 0.2) is 109 Å². The zero-order valence-corrected chi connectivity index (χ0v) is 78.0. The number of anilines is 2.